The van der Waals surface area contributed by atoms with Crippen molar-refractivity contribution in [2.24, 2.45) is 11.7 Å². The van der Waals surface area contributed by atoms with Gasteiger partial charge in [-0.2, -0.15) is 0 Å². The lowest BCUT2D eigenvalue weighted by atomic mass is 10.1. The Bertz CT molecular complexity index is 458. The molecule has 1 aromatic rings. The second-order valence-corrected chi connectivity index (χ2v) is 5.47. The molecule has 0 heterocycles. The minimum absolute atomic E-state index is 0.0573. The normalized spacial score (nSPS) is 17.4. The summed E-state index contributed by atoms with van der Waals surface area (Å²) in [5, 5.41) is 3.03. The Morgan fingerprint density at radius 3 is 2.70 bits per heavy atom. The van der Waals surface area contributed by atoms with Gasteiger partial charge in [-0.15, -0.1) is 0 Å². The number of nitrogens with one attached hydrogen (secondary N) is 1. The summed E-state index contributed by atoms with van der Waals surface area (Å²) >= 11 is 0. The van der Waals surface area contributed by atoms with Crippen molar-refractivity contribution < 1.29 is 9.53 Å². The van der Waals surface area contributed by atoms with Crippen LogP contribution in [0.5, 0.6) is 5.75 Å². The molecule has 4 nitrogen and oxygen atoms in total. The monoisotopic (exact) mass is 276 g/mol. The SMILES string of the molecule is CCC(Oc1ccccc1C)C(=O)NC(CN)C1CC1. The molecule has 3 N–H and O–H groups in total. The fraction of sp³-hybridized carbons (Fsp3) is 0.562. The van der Waals surface area contributed by atoms with Crippen molar-refractivity contribution in [2.75, 3.05) is 6.54 Å². The van der Waals surface area contributed by atoms with Gasteiger partial charge < -0.3 is 15.8 Å². The van der Waals surface area contributed by atoms with Gasteiger partial charge in [-0.25, -0.2) is 0 Å². The number of hydrogen-bond acceptors (Lipinski definition) is 3. The van der Waals surface area contributed by atoms with Gasteiger partial charge in [-0.3, -0.25) is 4.79 Å². The highest BCUT2D eigenvalue weighted by Gasteiger charge is 2.32. The summed E-state index contributed by atoms with van der Waals surface area (Å²) in [7, 11) is 0. The van der Waals surface area contributed by atoms with Gasteiger partial charge in [0.05, 0.1) is 0 Å². The number of nitrogens with two attached hydrogens (primary N) is 1. The van der Waals surface area contributed by atoms with Crippen LogP contribution in [0.25, 0.3) is 0 Å². The molecular weight excluding hydrogens is 252 g/mol. The average Bonchev–Trinajstić information content (AvgIpc) is 3.28. The number of para-hydroxylation sites is 1. The van der Waals surface area contributed by atoms with Crippen LogP contribution in [-0.4, -0.2) is 24.6 Å². The highest BCUT2D eigenvalue weighted by molar-refractivity contribution is 5.81. The molecule has 20 heavy (non-hydrogen) atoms. The van der Waals surface area contributed by atoms with Crippen molar-refractivity contribution in [1.29, 1.82) is 0 Å². The molecule has 0 saturated heterocycles. The first kappa shape index (κ1) is 14.9. The van der Waals surface area contributed by atoms with Crippen LogP contribution in [0.3, 0.4) is 0 Å². The largest absolute Gasteiger partial charge is 0.480 e. The molecule has 1 saturated carbocycles. The van der Waals surface area contributed by atoms with E-state index in [4.69, 9.17) is 10.5 Å². The van der Waals surface area contributed by atoms with E-state index in [0.29, 0.717) is 18.9 Å². The molecule has 0 spiro atoms. The molecule has 4 heteroatoms. The van der Waals surface area contributed by atoms with Crippen molar-refractivity contribution in [3.8, 4) is 5.75 Å². The zero-order valence-electron chi connectivity index (χ0n) is 12.3. The third-order valence-electron chi connectivity index (χ3n) is 3.80. The van der Waals surface area contributed by atoms with Gasteiger partial charge in [-0.1, -0.05) is 25.1 Å². The maximum atomic E-state index is 12.3. The Labute approximate surface area is 120 Å². The van der Waals surface area contributed by atoms with Crippen molar-refractivity contribution in [3.05, 3.63) is 29.8 Å². The van der Waals surface area contributed by atoms with Gasteiger partial charge >= 0.3 is 0 Å². The number of ether oxygens (including phenoxy) is 1. The molecule has 0 aromatic heterocycles. The Kier molecular flexibility index (Phi) is 5.01. The molecule has 2 atom stereocenters. The van der Waals surface area contributed by atoms with E-state index in [1.807, 2.05) is 38.1 Å². The second kappa shape index (κ2) is 6.75. The third-order valence-corrected chi connectivity index (χ3v) is 3.80. The van der Waals surface area contributed by atoms with E-state index in [1.54, 1.807) is 0 Å². The molecular formula is C16H24N2O2. The number of aryl methyl sites for hydroxylation is 1. The first-order valence-electron chi connectivity index (χ1n) is 7.38. The van der Waals surface area contributed by atoms with Crippen molar-refractivity contribution in [3.63, 3.8) is 0 Å². The molecule has 110 valence electrons. The molecule has 2 unspecified atom stereocenters. The quantitative estimate of drug-likeness (QED) is 0.800. The average molecular weight is 276 g/mol. The van der Waals surface area contributed by atoms with Crippen molar-refractivity contribution in [2.45, 2.75) is 45.3 Å². The van der Waals surface area contributed by atoms with Gasteiger partial charge in [0.2, 0.25) is 0 Å². The minimum Gasteiger partial charge on any atom is -0.480 e. The van der Waals surface area contributed by atoms with Crippen LogP contribution in [0.4, 0.5) is 0 Å². The maximum absolute atomic E-state index is 12.3. The van der Waals surface area contributed by atoms with Crippen LogP contribution in [0, 0.1) is 12.8 Å². The predicted molar refractivity (Wildman–Crippen MR) is 79.6 cm³/mol. The van der Waals surface area contributed by atoms with E-state index in [0.717, 1.165) is 24.2 Å². The molecule has 1 aliphatic carbocycles. The highest BCUT2D eigenvalue weighted by Crippen LogP contribution is 2.32. The second-order valence-electron chi connectivity index (χ2n) is 5.47. The molecule has 0 bridgehead atoms. The van der Waals surface area contributed by atoms with Gasteiger partial charge in [-0.05, 0) is 43.7 Å². The first-order valence-corrected chi connectivity index (χ1v) is 7.38. The van der Waals surface area contributed by atoms with E-state index >= 15 is 0 Å². The fourth-order valence-electron chi connectivity index (χ4n) is 2.31. The molecule has 0 radical (unpaired) electrons. The number of hydrogen-bond donors (Lipinski definition) is 2. The number of carbonyl (C=O) groups is 1. The zero-order valence-corrected chi connectivity index (χ0v) is 12.3. The molecule has 2 rings (SSSR count). The Hall–Kier alpha value is -1.55. The van der Waals surface area contributed by atoms with Crippen LogP contribution in [-0.2, 0) is 4.79 Å². The third kappa shape index (κ3) is 3.73. The smallest absolute Gasteiger partial charge is 0.261 e. The predicted octanol–water partition coefficient (Wildman–Crippen LogP) is 2.01. The summed E-state index contributed by atoms with van der Waals surface area (Å²) < 4.78 is 5.85. The van der Waals surface area contributed by atoms with Gasteiger partial charge in [0.15, 0.2) is 6.10 Å². The molecule has 1 aliphatic rings. The number of rotatable bonds is 7. The molecule has 1 amide bonds. The first-order chi connectivity index (χ1) is 9.65. The fourth-order valence-corrected chi connectivity index (χ4v) is 2.31. The summed E-state index contributed by atoms with van der Waals surface area (Å²) in [5.41, 5.74) is 6.76. The summed E-state index contributed by atoms with van der Waals surface area (Å²) in [6.45, 7) is 4.43. The summed E-state index contributed by atoms with van der Waals surface area (Å²) in [6, 6.07) is 7.84. The topological polar surface area (TPSA) is 64.3 Å². The lowest BCUT2D eigenvalue weighted by molar-refractivity contribution is -0.129. The summed E-state index contributed by atoms with van der Waals surface area (Å²) in [5.74, 6) is 1.27. The van der Waals surface area contributed by atoms with E-state index in [1.165, 1.54) is 0 Å². The van der Waals surface area contributed by atoms with Crippen LogP contribution in [0.15, 0.2) is 24.3 Å². The standard InChI is InChI=1S/C16H24N2O2/c1-3-14(20-15-7-5-4-6-11(15)2)16(19)18-13(10-17)12-8-9-12/h4-7,12-14H,3,8-10,17H2,1-2H3,(H,18,19). The van der Waals surface area contributed by atoms with Gasteiger partial charge in [0.1, 0.15) is 5.75 Å². The van der Waals surface area contributed by atoms with Crippen molar-refractivity contribution in [1.82, 2.24) is 5.32 Å². The number of carbonyl (C=O) groups excluding carboxylic acids is 1. The number of benzene rings is 1. The molecule has 1 aromatic carbocycles. The van der Waals surface area contributed by atoms with E-state index in [-0.39, 0.29) is 11.9 Å². The maximum Gasteiger partial charge on any atom is 0.261 e. The molecule has 0 aliphatic heterocycles. The zero-order chi connectivity index (χ0) is 14.5. The van der Waals surface area contributed by atoms with Crippen LogP contribution >= 0.6 is 0 Å². The van der Waals surface area contributed by atoms with E-state index < -0.39 is 6.10 Å². The van der Waals surface area contributed by atoms with Crippen LogP contribution in [0.2, 0.25) is 0 Å². The van der Waals surface area contributed by atoms with Crippen molar-refractivity contribution >= 4 is 5.91 Å². The lowest BCUT2D eigenvalue weighted by Crippen LogP contribution is -2.47. The van der Waals surface area contributed by atoms with Crippen LogP contribution in [0.1, 0.15) is 31.7 Å². The van der Waals surface area contributed by atoms with E-state index in [9.17, 15) is 4.79 Å². The number of amides is 1. The Morgan fingerprint density at radius 1 is 1.45 bits per heavy atom. The molecule has 1 fully saturated rings. The van der Waals surface area contributed by atoms with Gasteiger partial charge in [0, 0.05) is 12.6 Å². The highest BCUT2D eigenvalue weighted by atomic mass is 16.5. The summed E-state index contributed by atoms with van der Waals surface area (Å²) in [4.78, 5) is 12.3. The lowest BCUT2D eigenvalue weighted by Gasteiger charge is -2.22. The Morgan fingerprint density at radius 2 is 2.15 bits per heavy atom. The van der Waals surface area contributed by atoms with Crippen LogP contribution < -0.4 is 15.8 Å². The van der Waals surface area contributed by atoms with E-state index in [2.05, 4.69) is 5.32 Å². The van der Waals surface area contributed by atoms with Gasteiger partial charge in [0.25, 0.3) is 5.91 Å². The minimum atomic E-state index is -0.455. The summed E-state index contributed by atoms with van der Waals surface area (Å²) in [6.07, 6.45) is 2.51. The Balaban J connectivity index is 1.96.